The van der Waals surface area contributed by atoms with Gasteiger partial charge < -0.3 is 20.5 Å². The molecule has 1 aliphatic heterocycles. The summed E-state index contributed by atoms with van der Waals surface area (Å²) in [5.74, 6) is 0.773. The quantitative estimate of drug-likeness (QED) is 0.454. The van der Waals surface area contributed by atoms with E-state index in [4.69, 9.17) is 4.74 Å². The van der Waals surface area contributed by atoms with Gasteiger partial charge in [-0.25, -0.2) is 0 Å². The van der Waals surface area contributed by atoms with E-state index in [9.17, 15) is 5.11 Å². The highest BCUT2D eigenvalue weighted by Crippen LogP contribution is 2.20. The molecule has 0 aliphatic carbocycles. The first kappa shape index (κ1) is 21.7. The third-order valence-corrected chi connectivity index (χ3v) is 5.18. The summed E-state index contributed by atoms with van der Waals surface area (Å²) in [6.07, 6.45) is 2.32. The first-order valence-electron chi connectivity index (χ1n) is 10.1. The van der Waals surface area contributed by atoms with Gasteiger partial charge in [-0.15, -0.1) is 0 Å². The summed E-state index contributed by atoms with van der Waals surface area (Å²) in [7, 11) is 2.16. The van der Waals surface area contributed by atoms with Crippen molar-refractivity contribution in [2.24, 2.45) is 4.99 Å². The molecule has 0 aromatic heterocycles. The lowest BCUT2D eigenvalue weighted by atomic mass is 9.95. The molecule has 6 heteroatoms. The largest absolute Gasteiger partial charge is 0.388 e. The van der Waals surface area contributed by atoms with Gasteiger partial charge in [-0.3, -0.25) is 9.89 Å². The molecule has 1 fully saturated rings. The molecule has 6 nitrogen and oxygen atoms in total. The second kappa shape index (κ2) is 11.3. The topological polar surface area (TPSA) is 69.1 Å². The zero-order valence-electron chi connectivity index (χ0n) is 17.1. The van der Waals surface area contributed by atoms with E-state index in [0.29, 0.717) is 38.6 Å². The van der Waals surface area contributed by atoms with Gasteiger partial charge in [0.2, 0.25) is 0 Å². The molecule has 0 saturated carbocycles. The van der Waals surface area contributed by atoms with E-state index in [1.807, 2.05) is 0 Å². The highest BCUT2D eigenvalue weighted by Gasteiger charge is 2.29. The van der Waals surface area contributed by atoms with Gasteiger partial charge in [0.25, 0.3) is 0 Å². The lowest BCUT2D eigenvalue weighted by Crippen LogP contribution is -2.43. The zero-order chi connectivity index (χ0) is 19.5. The Morgan fingerprint density at radius 3 is 2.63 bits per heavy atom. The third kappa shape index (κ3) is 7.87. The minimum Gasteiger partial charge on any atom is -0.388 e. The second-order valence-electron chi connectivity index (χ2n) is 7.50. The second-order valence-corrected chi connectivity index (χ2v) is 7.50. The molecule has 1 unspecified atom stereocenters. The molecular formula is C21H36N4O2. The van der Waals surface area contributed by atoms with Crippen molar-refractivity contribution < 1.29 is 9.84 Å². The number of aliphatic imine (C=N–C) groups is 1. The Bertz CT molecular complexity index is 559. The van der Waals surface area contributed by atoms with Gasteiger partial charge in [0.15, 0.2) is 5.96 Å². The predicted octanol–water partition coefficient (Wildman–Crippen LogP) is 1.99. The average molecular weight is 377 g/mol. The number of nitrogens with zero attached hydrogens (tertiary/aromatic N) is 2. The van der Waals surface area contributed by atoms with Crippen LogP contribution in [0.3, 0.4) is 0 Å². The minimum atomic E-state index is -0.732. The van der Waals surface area contributed by atoms with Gasteiger partial charge in [-0.05, 0) is 32.9 Å². The third-order valence-electron chi connectivity index (χ3n) is 5.18. The van der Waals surface area contributed by atoms with Gasteiger partial charge in [-0.1, -0.05) is 30.3 Å². The zero-order valence-corrected chi connectivity index (χ0v) is 17.1. The summed E-state index contributed by atoms with van der Waals surface area (Å²) in [6, 6.07) is 11.0. The molecule has 1 saturated heterocycles. The number of nitrogens with one attached hydrogen (secondary N) is 2. The Morgan fingerprint density at radius 1 is 1.26 bits per heavy atom. The van der Waals surface area contributed by atoms with Crippen molar-refractivity contribution >= 4 is 5.96 Å². The summed E-state index contributed by atoms with van der Waals surface area (Å²) in [5, 5.41) is 17.2. The molecule has 1 aliphatic rings. The maximum atomic E-state index is 10.6. The number of rotatable bonds is 9. The monoisotopic (exact) mass is 376 g/mol. The molecular weight excluding hydrogens is 340 g/mol. The number of benzene rings is 1. The van der Waals surface area contributed by atoms with Crippen LogP contribution in [0.15, 0.2) is 35.3 Å². The van der Waals surface area contributed by atoms with Crippen molar-refractivity contribution in [2.75, 3.05) is 39.9 Å². The number of ether oxygens (including phenoxy) is 1. The van der Waals surface area contributed by atoms with Crippen molar-refractivity contribution in [3.8, 4) is 0 Å². The maximum absolute atomic E-state index is 10.6. The van der Waals surface area contributed by atoms with Crippen molar-refractivity contribution in [2.45, 2.75) is 51.3 Å². The molecule has 27 heavy (non-hydrogen) atoms. The fourth-order valence-corrected chi connectivity index (χ4v) is 3.12. The van der Waals surface area contributed by atoms with Gasteiger partial charge >= 0.3 is 0 Å². The first-order valence-corrected chi connectivity index (χ1v) is 10.1. The number of hydrogen-bond acceptors (Lipinski definition) is 4. The van der Waals surface area contributed by atoms with Crippen LogP contribution in [0.5, 0.6) is 0 Å². The van der Waals surface area contributed by atoms with Crippen LogP contribution in [0.2, 0.25) is 0 Å². The van der Waals surface area contributed by atoms with E-state index in [0.717, 1.165) is 32.0 Å². The summed E-state index contributed by atoms with van der Waals surface area (Å²) in [5.41, 5.74) is 0.600. The van der Waals surface area contributed by atoms with Crippen LogP contribution in [-0.2, 0) is 11.3 Å². The lowest BCUT2D eigenvalue weighted by molar-refractivity contribution is -0.0565. The average Bonchev–Trinajstić information content (AvgIpc) is 2.67. The van der Waals surface area contributed by atoms with Crippen molar-refractivity contribution in [3.05, 3.63) is 35.9 Å². The number of guanidine groups is 1. The first-order chi connectivity index (χ1) is 13.0. The van der Waals surface area contributed by atoms with E-state index in [-0.39, 0.29) is 0 Å². The van der Waals surface area contributed by atoms with Crippen molar-refractivity contribution in [1.29, 1.82) is 0 Å². The van der Waals surface area contributed by atoms with Gasteiger partial charge in [-0.2, -0.15) is 0 Å². The van der Waals surface area contributed by atoms with Crippen LogP contribution >= 0.6 is 0 Å². The molecule has 1 heterocycles. The van der Waals surface area contributed by atoms with E-state index in [2.05, 4.69) is 71.8 Å². The molecule has 1 atom stereocenters. The Kier molecular flexibility index (Phi) is 9.04. The van der Waals surface area contributed by atoms with Crippen LogP contribution in [0.1, 0.15) is 38.7 Å². The standard InChI is InChI=1S/C21H36N4O2/c1-4-22-20(24-17-21(26)11-14-27-15-12-21)23-13-10-18(2)25(3)16-19-8-6-5-7-9-19/h5-9,18,26H,4,10-17H2,1-3H3,(H2,22,23,24). The molecule has 0 bridgehead atoms. The lowest BCUT2D eigenvalue weighted by Gasteiger charge is -2.30. The molecule has 2 rings (SSSR count). The van der Waals surface area contributed by atoms with Crippen LogP contribution in [0, 0.1) is 0 Å². The van der Waals surface area contributed by atoms with Crippen LogP contribution in [0.25, 0.3) is 0 Å². The SMILES string of the molecule is CCNC(=NCC1(O)CCOCC1)NCCC(C)N(C)Cc1ccccc1. The van der Waals surface area contributed by atoms with Gasteiger partial charge in [0, 0.05) is 51.7 Å². The summed E-state index contributed by atoms with van der Waals surface area (Å²) in [6.45, 7) is 8.53. The Hall–Kier alpha value is -1.63. The van der Waals surface area contributed by atoms with E-state index in [1.165, 1.54) is 5.56 Å². The smallest absolute Gasteiger partial charge is 0.191 e. The highest BCUT2D eigenvalue weighted by atomic mass is 16.5. The minimum absolute atomic E-state index is 0.412. The summed E-state index contributed by atoms with van der Waals surface area (Å²) < 4.78 is 5.33. The van der Waals surface area contributed by atoms with Gasteiger partial charge in [0.1, 0.15) is 0 Å². The molecule has 0 spiro atoms. The maximum Gasteiger partial charge on any atom is 0.191 e. The number of hydrogen-bond donors (Lipinski definition) is 3. The van der Waals surface area contributed by atoms with E-state index in [1.54, 1.807) is 0 Å². The highest BCUT2D eigenvalue weighted by molar-refractivity contribution is 5.79. The number of aliphatic hydroxyl groups is 1. The van der Waals surface area contributed by atoms with Crippen molar-refractivity contribution in [3.63, 3.8) is 0 Å². The van der Waals surface area contributed by atoms with Crippen LogP contribution < -0.4 is 10.6 Å². The Labute approximate surface area is 164 Å². The van der Waals surface area contributed by atoms with Crippen LogP contribution in [0.4, 0.5) is 0 Å². The summed E-state index contributed by atoms with van der Waals surface area (Å²) >= 11 is 0. The molecule has 1 aromatic rings. The molecule has 3 N–H and O–H groups in total. The molecule has 0 amide bonds. The van der Waals surface area contributed by atoms with E-state index >= 15 is 0 Å². The predicted molar refractivity (Wildman–Crippen MR) is 111 cm³/mol. The van der Waals surface area contributed by atoms with Crippen LogP contribution in [-0.4, -0.2) is 67.5 Å². The van der Waals surface area contributed by atoms with E-state index < -0.39 is 5.60 Å². The summed E-state index contributed by atoms with van der Waals surface area (Å²) in [4.78, 5) is 6.96. The Balaban J connectivity index is 1.76. The Morgan fingerprint density at radius 2 is 1.96 bits per heavy atom. The van der Waals surface area contributed by atoms with Gasteiger partial charge in [0.05, 0.1) is 12.1 Å². The molecule has 1 aromatic carbocycles. The normalized spacial score (nSPS) is 18.3. The molecule has 152 valence electrons. The molecule has 0 radical (unpaired) electrons. The fraction of sp³-hybridized carbons (Fsp3) is 0.667. The fourth-order valence-electron chi connectivity index (χ4n) is 3.12. The van der Waals surface area contributed by atoms with Crippen molar-refractivity contribution in [1.82, 2.24) is 15.5 Å².